The topological polar surface area (TPSA) is 39.2 Å². The van der Waals surface area contributed by atoms with Crippen LogP contribution in [0.25, 0.3) is 0 Å². The third-order valence-corrected chi connectivity index (χ3v) is 1.76. The Bertz CT molecular complexity index is 366. The zero-order valence-electron chi connectivity index (χ0n) is 7.80. The van der Waals surface area contributed by atoms with Gasteiger partial charge in [0, 0.05) is 6.42 Å². The van der Waals surface area contributed by atoms with Crippen LogP contribution in [-0.2, 0) is 0 Å². The number of hydrogen-bond donors (Lipinski definition) is 0. The predicted octanol–water partition coefficient (Wildman–Crippen LogP) is 1.96. The smallest absolute Gasteiger partial charge is 0.226 e. The molecule has 0 N–H and O–H groups in total. The normalized spacial score (nSPS) is 10.0. The number of pyridine rings is 1. The summed E-state index contributed by atoms with van der Waals surface area (Å²) in [7, 11) is 1.22. The monoisotopic (exact) mass is 201 g/mol. The maximum absolute atomic E-state index is 13.3. The van der Waals surface area contributed by atoms with Gasteiger partial charge in [-0.15, -0.1) is 0 Å². The Kier molecular flexibility index (Phi) is 3.11. The molecule has 0 aliphatic rings. The Morgan fingerprint density at radius 1 is 1.57 bits per heavy atom. The van der Waals surface area contributed by atoms with Crippen molar-refractivity contribution in [1.29, 1.82) is 0 Å². The van der Waals surface area contributed by atoms with Gasteiger partial charge in [-0.05, 0) is 0 Å². The largest absolute Gasteiger partial charge is 0.492 e. The quantitative estimate of drug-likeness (QED) is 0.554. The van der Waals surface area contributed by atoms with Gasteiger partial charge in [-0.1, -0.05) is 6.92 Å². The molecular formula is C9H9F2NO2. The molecule has 1 heterocycles. The molecule has 1 aromatic heterocycles. The summed E-state index contributed by atoms with van der Waals surface area (Å²) in [6.45, 7) is 1.51. The Balaban J connectivity index is 3.32. The van der Waals surface area contributed by atoms with Gasteiger partial charge in [-0.2, -0.15) is 4.39 Å². The van der Waals surface area contributed by atoms with Crippen LogP contribution in [-0.4, -0.2) is 17.9 Å². The van der Waals surface area contributed by atoms with Crippen molar-refractivity contribution in [1.82, 2.24) is 4.98 Å². The van der Waals surface area contributed by atoms with Crippen molar-refractivity contribution < 1.29 is 18.3 Å². The number of aromatic nitrogens is 1. The van der Waals surface area contributed by atoms with E-state index in [4.69, 9.17) is 0 Å². The molecule has 5 heteroatoms. The summed E-state index contributed by atoms with van der Waals surface area (Å²) in [5, 5.41) is 0. The second-order valence-electron chi connectivity index (χ2n) is 2.58. The highest BCUT2D eigenvalue weighted by Crippen LogP contribution is 2.21. The van der Waals surface area contributed by atoms with Gasteiger partial charge in [-0.3, -0.25) is 4.79 Å². The molecular weight excluding hydrogens is 192 g/mol. The zero-order chi connectivity index (χ0) is 10.7. The molecule has 0 fully saturated rings. The van der Waals surface area contributed by atoms with E-state index in [2.05, 4.69) is 9.72 Å². The molecule has 0 saturated carbocycles. The SMILES string of the molecule is CCC(=O)c1c(F)ncc(OC)c1F. The second-order valence-corrected chi connectivity index (χ2v) is 2.58. The number of carbonyl (C=O) groups excluding carboxylic acids is 1. The molecule has 0 aromatic carbocycles. The lowest BCUT2D eigenvalue weighted by Crippen LogP contribution is -2.08. The standard InChI is InChI=1S/C9H9F2NO2/c1-3-5(13)7-8(10)6(14-2)4-12-9(7)11/h4H,3H2,1-2H3. The Hall–Kier alpha value is -1.52. The minimum Gasteiger partial charge on any atom is -0.492 e. The molecule has 0 unspecified atom stereocenters. The minimum atomic E-state index is -1.10. The van der Waals surface area contributed by atoms with Crippen LogP contribution in [0.15, 0.2) is 6.20 Å². The molecule has 3 nitrogen and oxygen atoms in total. The van der Waals surface area contributed by atoms with E-state index in [-0.39, 0.29) is 12.2 Å². The highest BCUT2D eigenvalue weighted by Gasteiger charge is 2.20. The molecule has 0 spiro atoms. The number of Topliss-reactive ketones (excluding diaryl/α,β-unsaturated/α-hetero) is 1. The van der Waals surface area contributed by atoms with E-state index in [0.29, 0.717) is 0 Å². The maximum Gasteiger partial charge on any atom is 0.226 e. The third kappa shape index (κ3) is 1.71. The molecule has 1 aromatic rings. The molecule has 0 amide bonds. The summed E-state index contributed by atoms with van der Waals surface area (Å²) < 4.78 is 30.9. The van der Waals surface area contributed by atoms with Gasteiger partial charge in [0.2, 0.25) is 5.95 Å². The molecule has 0 bridgehead atoms. The molecule has 76 valence electrons. The summed E-state index contributed by atoms with van der Waals surface area (Å²) in [6, 6.07) is 0. The average molecular weight is 201 g/mol. The lowest BCUT2D eigenvalue weighted by Gasteiger charge is -2.05. The number of ketones is 1. The van der Waals surface area contributed by atoms with Gasteiger partial charge in [0.25, 0.3) is 0 Å². The average Bonchev–Trinajstić information content (AvgIpc) is 2.18. The van der Waals surface area contributed by atoms with Crippen molar-refractivity contribution in [3.8, 4) is 5.75 Å². The van der Waals surface area contributed by atoms with Gasteiger partial charge in [0.05, 0.1) is 13.3 Å². The number of rotatable bonds is 3. The van der Waals surface area contributed by atoms with Crippen molar-refractivity contribution in [2.45, 2.75) is 13.3 Å². The van der Waals surface area contributed by atoms with Gasteiger partial charge in [-0.25, -0.2) is 9.37 Å². The van der Waals surface area contributed by atoms with Gasteiger partial charge in [0.15, 0.2) is 17.3 Å². The highest BCUT2D eigenvalue weighted by molar-refractivity contribution is 5.96. The van der Waals surface area contributed by atoms with Crippen LogP contribution < -0.4 is 4.74 Å². The van der Waals surface area contributed by atoms with Crippen LogP contribution in [0.3, 0.4) is 0 Å². The van der Waals surface area contributed by atoms with Crippen molar-refractivity contribution in [2.24, 2.45) is 0 Å². The molecule has 0 aliphatic carbocycles. The zero-order valence-corrected chi connectivity index (χ0v) is 7.80. The second kappa shape index (κ2) is 4.13. The summed E-state index contributed by atoms with van der Waals surface area (Å²) in [5.41, 5.74) is -0.633. The van der Waals surface area contributed by atoms with E-state index < -0.39 is 23.1 Å². The van der Waals surface area contributed by atoms with Gasteiger partial charge in [0.1, 0.15) is 5.56 Å². The Morgan fingerprint density at radius 3 is 2.71 bits per heavy atom. The van der Waals surface area contributed by atoms with E-state index in [1.165, 1.54) is 14.0 Å². The fourth-order valence-electron chi connectivity index (χ4n) is 1.01. The number of hydrogen-bond acceptors (Lipinski definition) is 3. The molecule has 0 radical (unpaired) electrons. The van der Waals surface area contributed by atoms with E-state index in [1.54, 1.807) is 0 Å². The number of carbonyl (C=O) groups is 1. The van der Waals surface area contributed by atoms with Crippen LogP contribution in [0, 0.1) is 11.8 Å². The fraction of sp³-hybridized carbons (Fsp3) is 0.333. The number of nitrogens with zero attached hydrogens (tertiary/aromatic N) is 1. The summed E-state index contributed by atoms with van der Waals surface area (Å²) in [5.74, 6) is -2.96. The third-order valence-electron chi connectivity index (χ3n) is 1.76. The van der Waals surface area contributed by atoms with Crippen LogP contribution in [0.4, 0.5) is 8.78 Å². The van der Waals surface area contributed by atoms with Crippen molar-refractivity contribution >= 4 is 5.78 Å². The van der Waals surface area contributed by atoms with Crippen LogP contribution in [0.1, 0.15) is 23.7 Å². The fourth-order valence-corrected chi connectivity index (χ4v) is 1.01. The van der Waals surface area contributed by atoms with Gasteiger partial charge >= 0.3 is 0 Å². The molecule has 0 aliphatic heterocycles. The summed E-state index contributed by atoms with van der Waals surface area (Å²) >= 11 is 0. The molecule has 14 heavy (non-hydrogen) atoms. The van der Waals surface area contributed by atoms with Crippen LogP contribution in [0.5, 0.6) is 5.75 Å². The predicted molar refractivity (Wildman–Crippen MR) is 45.3 cm³/mol. The first-order valence-corrected chi connectivity index (χ1v) is 4.03. The molecule has 0 saturated heterocycles. The van der Waals surface area contributed by atoms with Crippen LogP contribution >= 0.6 is 0 Å². The lowest BCUT2D eigenvalue weighted by molar-refractivity contribution is 0.0978. The van der Waals surface area contributed by atoms with E-state index >= 15 is 0 Å². The maximum atomic E-state index is 13.3. The summed E-state index contributed by atoms with van der Waals surface area (Å²) in [6.07, 6.45) is 0.916. The Labute approximate surface area is 79.7 Å². The van der Waals surface area contributed by atoms with Crippen molar-refractivity contribution in [2.75, 3.05) is 7.11 Å². The van der Waals surface area contributed by atoms with E-state index in [0.717, 1.165) is 6.20 Å². The van der Waals surface area contributed by atoms with E-state index in [9.17, 15) is 13.6 Å². The minimum absolute atomic E-state index is 0.0166. The number of ether oxygens (including phenoxy) is 1. The Morgan fingerprint density at radius 2 is 2.21 bits per heavy atom. The summed E-state index contributed by atoms with van der Waals surface area (Å²) in [4.78, 5) is 14.4. The first kappa shape index (κ1) is 10.6. The lowest BCUT2D eigenvalue weighted by atomic mass is 10.1. The first-order valence-electron chi connectivity index (χ1n) is 4.03. The van der Waals surface area contributed by atoms with Crippen molar-refractivity contribution in [3.05, 3.63) is 23.5 Å². The first-order chi connectivity index (χ1) is 6.61. The van der Waals surface area contributed by atoms with Crippen molar-refractivity contribution in [3.63, 3.8) is 0 Å². The van der Waals surface area contributed by atoms with Crippen LogP contribution in [0.2, 0.25) is 0 Å². The molecule has 1 rings (SSSR count). The van der Waals surface area contributed by atoms with Gasteiger partial charge < -0.3 is 4.74 Å². The number of methoxy groups -OCH3 is 1. The molecule has 0 atom stereocenters. The number of halogens is 2. The van der Waals surface area contributed by atoms with E-state index in [1.807, 2.05) is 0 Å². The highest BCUT2D eigenvalue weighted by atomic mass is 19.1.